The second-order valence-corrected chi connectivity index (χ2v) is 5.50. The zero-order valence-corrected chi connectivity index (χ0v) is 13.8. The van der Waals surface area contributed by atoms with E-state index in [0.717, 1.165) is 23.6 Å². The molecule has 0 saturated carbocycles. The van der Waals surface area contributed by atoms with Crippen molar-refractivity contribution in [2.75, 3.05) is 18.0 Å². The fraction of sp³-hybridized carbons (Fsp3) is 0.500. The lowest BCUT2D eigenvalue weighted by atomic mass is 10.1. The van der Waals surface area contributed by atoms with E-state index in [1.54, 1.807) is 5.41 Å². The average molecular weight is 296 g/mol. The highest BCUT2D eigenvalue weighted by atomic mass is 32.1. The summed E-state index contributed by atoms with van der Waals surface area (Å²) in [6, 6.07) is 8.62. The van der Waals surface area contributed by atoms with Crippen molar-refractivity contribution in [3.8, 4) is 0 Å². The van der Waals surface area contributed by atoms with Gasteiger partial charge in [0.15, 0.2) is 0 Å². The number of hydrogen-bond acceptors (Lipinski definition) is 3. The Morgan fingerprint density at radius 2 is 1.58 bits per heavy atom. The van der Waals surface area contributed by atoms with E-state index >= 15 is 0 Å². The van der Waals surface area contributed by atoms with Crippen LogP contribution in [0, 0.1) is 0 Å². The van der Waals surface area contributed by atoms with Gasteiger partial charge in [0, 0.05) is 23.7 Å². The van der Waals surface area contributed by atoms with Crippen LogP contribution in [-0.4, -0.2) is 13.1 Å². The lowest BCUT2D eigenvalue weighted by Gasteiger charge is -2.25. The monoisotopic (exact) mass is 295 g/mol. The standard InChI is InChI=1S/C16H25NS2/c1-3-5-11-17(12-6-4-2)15-9-7-14(8-10-15)16(19)13-18/h7-10,13,18-19H,3-6,11-12H2,1-2H3/b16-13+. The van der Waals surface area contributed by atoms with Crippen LogP contribution in [0.4, 0.5) is 5.69 Å². The zero-order valence-electron chi connectivity index (χ0n) is 12.0. The summed E-state index contributed by atoms with van der Waals surface area (Å²) in [5, 5.41) is 1.73. The molecule has 1 aromatic rings. The van der Waals surface area contributed by atoms with Crippen molar-refractivity contribution < 1.29 is 0 Å². The molecule has 0 atom stereocenters. The number of hydrogen-bond donors (Lipinski definition) is 2. The molecule has 0 bridgehead atoms. The van der Waals surface area contributed by atoms with E-state index in [0.29, 0.717) is 0 Å². The summed E-state index contributed by atoms with van der Waals surface area (Å²) < 4.78 is 0. The molecular weight excluding hydrogens is 270 g/mol. The highest BCUT2D eigenvalue weighted by Crippen LogP contribution is 2.23. The maximum atomic E-state index is 4.39. The number of unbranched alkanes of at least 4 members (excludes halogenated alkanes) is 2. The third kappa shape index (κ3) is 5.53. The predicted molar refractivity (Wildman–Crippen MR) is 94.4 cm³/mol. The van der Waals surface area contributed by atoms with Gasteiger partial charge in [-0.2, -0.15) is 12.6 Å². The van der Waals surface area contributed by atoms with Crippen LogP contribution in [0.5, 0.6) is 0 Å². The summed E-state index contributed by atoms with van der Waals surface area (Å²) in [4.78, 5) is 3.39. The molecule has 0 amide bonds. The molecule has 1 nitrogen and oxygen atoms in total. The molecule has 0 heterocycles. The van der Waals surface area contributed by atoms with Gasteiger partial charge in [-0.25, -0.2) is 0 Å². The minimum atomic E-state index is 0.906. The molecule has 1 aromatic carbocycles. The Kier molecular flexibility index (Phi) is 8.15. The van der Waals surface area contributed by atoms with Crippen LogP contribution in [-0.2, 0) is 0 Å². The van der Waals surface area contributed by atoms with Gasteiger partial charge in [0.05, 0.1) is 0 Å². The molecule has 0 spiro atoms. The SMILES string of the molecule is CCCCN(CCCC)c1ccc(/C(S)=C\S)cc1. The topological polar surface area (TPSA) is 3.24 Å². The van der Waals surface area contributed by atoms with E-state index in [4.69, 9.17) is 0 Å². The largest absolute Gasteiger partial charge is 0.372 e. The van der Waals surface area contributed by atoms with Crippen LogP contribution >= 0.6 is 25.3 Å². The van der Waals surface area contributed by atoms with Gasteiger partial charge < -0.3 is 4.90 Å². The summed E-state index contributed by atoms with van der Waals surface area (Å²) >= 11 is 8.53. The number of benzene rings is 1. The molecular formula is C16H25NS2. The Morgan fingerprint density at radius 1 is 1.05 bits per heavy atom. The van der Waals surface area contributed by atoms with Gasteiger partial charge in [0.2, 0.25) is 0 Å². The predicted octanol–water partition coefficient (Wildman–Crippen LogP) is 5.25. The van der Waals surface area contributed by atoms with E-state index in [2.05, 4.69) is 68.3 Å². The third-order valence-corrected chi connectivity index (χ3v) is 4.06. The highest BCUT2D eigenvalue weighted by molar-refractivity contribution is 7.92. The molecule has 0 aliphatic rings. The molecule has 0 saturated heterocycles. The van der Waals surface area contributed by atoms with E-state index in [1.165, 1.54) is 31.4 Å². The van der Waals surface area contributed by atoms with Crippen molar-refractivity contribution in [3.05, 3.63) is 35.2 Å². The van der Waals surface area contributed by atoms with Gasteiger partial charge in [-0.05, 0) is 35.9 Å². The van der Waals surface area contributed by atoms with Crippen molar-refractivity contribution in [1.29, 1.82) is 0 Å². The molecule has 0 N–H and O–H groups in total. The van der Waals surface area contributed by atoms with Gasteiger partial charge in [-0.1, -0.05) is 38.8 Å². The van der Waals surface area contributed by atoms with Crippen molar-refractivity contribution in [2.45, 2.75) is 39.5 Å². The van der Waals surface area contributed by atoms with Gasteiger partial charge >= 0.3 is 0 Å². The number of nitrogens with zero attached hydrogens (tertiary/aromatic N) is 1. The molecule has 0 aliphatic heterocycles. The van der Waals surface area contributed by atoms with Gasteiger partial charge in [0.1, 0.15) is 0 Å². The molecule has 19 heavy (non-hydrogen) atoms. The zero-order chi connectivity index (χ0) is 14.1. The molecule has 0 aromatic heterocycles. The molecule has 106 valence electrons. The molecule has 1 rings (SSSR count). The number of thiol groups is 2. The van der Waals surface area contributed by atoms with Crippen molar-refractivity contribution in [1.82, 2.24) is 0 Å². The first-order chi connectivity index (χ1) is 9.22. The Labute approximate surface area is 128 Å². The smallest absolute Gasteiger partial charge is 0.0366 e. The first-order valence-corrected chi connectivity index (χ1v) is 8.08. The number of rotatable bonds is 8. The lowest BCUT2D eigenvalue weighted by molar-refractivity contribution is 0.678. The first kappa shape index (κ1) is 16.5. The second-order valence-electron chi connectivity index (χ2n) is 4.76. The normalized spacial score (nSPS) is 11.7. The van der Waals surface area contributed by atoms with Crippen molar-refractivity contribution >= 4 is 35.9 Å². The van der Waals surface area contributed by atoms with Crippen LogP contribution in [0.2, 0.25) is 0 Å². The van der Waals surface area contributed by atoms with Crippen LogP contribution < -0.4 is 4.90 Å². The van der Waals surface area contributed by atoms with Gasteiger partial charge in [-0.15, -0.1) is 12.6 Å². The van der Waals surface area contributed by atoms with E-state index in [9.17, 15) is 0 Å². The van der Waals surface area contributed by atoms with Crippen molar-refractivity contribution in [3.63, 3.8) is 0 Å². The Bertz CT molecular complexity index is 376. The van der Waals surface area contributed by atoms with E-state index in [-0.39, 0.29) is 0 Å². The van der Waals surface area contributed by atoms with Crippen LogP contribution in [0.25, 0.3) is 4.91 Å². The van der Waals surface area contributed by atoms with Crippen molar-refractivity contribution in [2.24, 2.45) is 0 Å². The van der Waals surface area contributed by atoms with Crippen LogP contribution in [0.3, 0.4) is 0 Å². The fourth-order valence-electron chi connectivity index (χ4n) is 1.99. The molecule has 0 radical (unpaired) electrons. The molecule has 0 unspecified atom stereocenters. The lowest BCUT2D eigenvalue weighted by Crippen LogP contribution is -2.25. The minimum Gasteiger partial charge on any atom is -0.372 e. The highest BCUT2D eigenvalue weighted by Gasteiger charge is 2.05. The van der Waals surface area contributed by atoms with Crippen LogP contribution in [0.1, 0.15) is 45.1 Å². The Hall–Kier alpha value is -0.540. The summed E-state index contributed by atoms with van der Waals surface area (Å²) in [5.74, 6) is 0. The third-order valence-electron chi connectivity index (χ3n) is 3.21. The molecule has 0 aliphatic carbocycles. The quantitative estimate of drug-likeness (QED) is 0.619. The van der Waals surface area contributed by atoms with Gasteiger partial charge in [0.25, 0.3) is 0 Å². The summed E-state index contributed by atoms with van der Waals surface area (Å²) in [6.45, 7) is 6.77. The van der Waals surface area contributed by atoms with E-state index < -0.39 is 0 Å². The van der Waals surface area contributed by atoms with E-state index in [1.807, 2.05) is 0 Å². The molecule has 3 heteroatoms. The summed E-state index contributed by atoms with van der Waals surface area (Å²) in [6.07, 6.45) is 4.98. The maximum Gasteiger partial charge on any atom is 0.0366 e. The summed E-state index contributed by atoms with van der Waals surface area (Å²) in [7, 11) is 0. The second kappa shape index (κ2) is 9.38. The summed E-state index contributed by atoms with van der Waals surface area (Å²) in [5.41, 5.74) is 2.43. The minimum absolute atomic E-state index is 0.906. The average Bonchev–Trinajstić information content (AvgIpc) is 2.47. The first-order valence-electron chi connectivity index (χ1n) is 7.11. The molecule has 0 fully saturated rings. The Balaban J connectivity index is 2.77. The number of anilines is 1. The fourth-order valence-corrected chi connectivity index (χ4v) is 2.28. The Morgan fingerprint density at radius 3 is 2.00 bits per heavy atom. The van der Waals surface area contributed by atoms with Crippen LogP contribution in [0.15, 0.2) is 29.7 Å². The maximum absolute atomic E-state index is 4.39. The van der Waals surface area contributed by atoms with Gasteiger partial charge in [-0.3, -0.25) is 0 Å².